The van der Waals surface area contributed by atoms with Crippen molar-refractivity contribution in [2.75, 3.05) is 16.8 Å². The molecule has 0 N–H and O–H groups in total. The Hall–Kier alpha value is -4.18. The minimum absolute atomic E-state index is 0. The molecule has 1 aliphatic heterocycles. The van der Waals surface area contributed by atoms with Crippen LogP contribution in [-0.4, -0.2) is 16.6 Å². The zero-order chi connectivity index (χ0) is 43.4. The fourth-order valence-electron chi connectivity index (χ4n) is 13.1. The van der Waals surface area contributed by atoms with E-state index in [9.17, 15) is 0 Å². The Morgan fingerprint density at radius 2 is 1.08 bits per heavy atom. The van der Waals surface area contributed by atoms with E-state index in [1.165, 1.54) is 79.6 Å². The van der Waals surface area contributed by atoms with Gasteiger partial charge in [0.2, 0.25) is 0 Å². The standard InChI is InChI=1S/C30H36N2.C28H29N2.Ir/c1-27-8-10-28(2,11-9-27)22-16-20(6-7-21(22)27)32-19-31(5)25-17-23-24(18-26(25)32)30(4)14-12-29(23,3)13-15-30;1-26(2)21-17-23-24(18-22(21)27(3,4)28(26,5)6)30(20-15-11-8-12-16-20)25(29-23)19-13-9-7-10-14-19;/h7,16-19H,8-15H2,1-5H3;7-13,15-18H,1-6H3;/q-2;-1;+3. The van der Waals surface area contributed by atoms with E-state index in [-0.39, 0.29) is 36.4 Å². The van der Waals surface area contributed by atoms with Crippen molar-refractivity contribution in [1.29, 1.82) is 0 Å². The number of hydrogen-bond acceptors (Lipinski definition) is 3. The van der Waals surface area contributed by atoms with E-state index in [0.717, 1.165) is 28.1 Å². The molecule has 6 aromatic rings. The van der Waals surface area contributed by atoms with E-state index in [2.05, 4.69) is 188 Å². The number of hydrogen-bond donors (Lipinski definition) is 0. The number of nitrogens with zero attached hydrogens (tertiary/aromatic N) is 4. The van der Waals surface area contributed by atoms with Crippen LogP contribution in [0.25, 0.3) is 28.1 Å². The Kier molecular flexibility index (Phi) is 9.44. The molecule has 4 bridgehead atoms. The molecule has 0 atom stereocenters. The topological polar surface area (TPSA) is 24.3 Å². The van der Waals surface area contributed by atoms with Crippen LogP contribution in [0.3, 0.4) is 0 Å². The second-order valence-corrected chi connectivity index (χ2v) is 23.0. The van der Waals surface area contributed by atoms with Gasteiger partial charge in [0.25, 0.3) is 0 Å². The van der Waals surface area contributed by atoms with Crippen molar-refractivity contribution >= 4 is 28.1 Å². The smallest absolute Gasteiger partial charge is 0.504 e. The molecule has 5 heteroatoms. The molecular weight excluding hydrogens is 945 g/mol. The van der Waals surface area contributed by atoms with Crippen molar-refractivity contribution in [2.45, 2.75) is 153 Å². The Bertz CT molecular complexity index is 2770. The van der Waals surface area contributed by atoms with Crippen molar-refractivity contribution in [2.24, 2.45) is 5.41 Å². The number of fused-ring (bicyclic) bond motifs is 7. The predicted molar refractivity (Wildman–Crippen MR) is 258 cm³/mol. The van der Waals surface area contributed by atoms with Gasteiger partial charge in [-0.3, -0.25) is 4.98 Å². The Morgan fingerprint density at radius 3 is 1.65 bits per heavy atom. The van der Waals surface area contributed by atoms with Crippen LogP contribution in [0.15, 0.2) is 91.0 Å². The molecule has 0 amide bonds. The molecule has 14 rings (SSSR count). The zero-order valence-electron chi connectivity index (χ0n) is 39.5. The normalized spacial score (nSPS) is 28.4. The number of anilines is 3. The SMILES string of the molecule is CC1(C)c2cc3nc(-c4[c-]cccc4)n(-c4ccccc4)c3cc2C(C)(C)C1(C)C.CN1[CH-]N(c2[c-]cc3c(c2)C2(C)CCC3(C)CC2)c2cc3c(cc21)C1(C)CCC3(C)CC1.[Ir+3]. The zero-order valence-corrected chi connectivity index (χ0v) is 41.9. The Balaban J connectivity index is 0.000000148. The summed E-state index contributed by atoms with van der Waals surface area (Å²) in [6, 6.07) is 40.4. The Morgan fingerprint density at radius 1 is 0.556 bits per heavy atom. The number of rotatable bonds is 3. The average Bonchev–Trinajstić information content (AvgIpc) is 3.84. The number of benzene rings is 5. The third-order valence-electron chi connectivity index (χ3n) is 19.0. The molecule has 0 radical (unpaired) electrons. The molecule has 1 aromatic heterocycles. The molecular formula is C58H65IrN4. The number of aromatic nitrogens is 2. The number of para-hydroxylation sites is 1. The summed E-state index contributed by atoms with van der Waals surface area (Å²) in [5.41, 5.74) is 19.2. The molecule has 0 unspecified atom stereocenters. The summed E-state index contributed by atoms with van der Waals surface area (Å²) in [7, 11) is 2.21. The fraction of sp³-hybridized carbons (Fsp3) is 0.448. The van der Waals surface area contributed by atoms with Crippen LogP contribution in [0.4, 0.5) is 17.1 Å². The van der Waals surface area contributed by atoms with Crippen LogP contribution in [0.5, 0.6) is 0 Å². The van der Waals surface area contributed by atoms with Crippen LogP contribution >= 0.6 is 0 Å². The van der Waals surface area contributed by atoms with Gasteiger partial charge in [0, 0.05) is 17.1 Å². The third-order valence-corrected chi connectivity index (χ3v) is 19.0. The van der Waals surface area contributed by atoms with Crippen LogP contribution < -0.4 is 9.80 Å². The first kappa shape index (κ1) is 42.8. The van der Waals surface area contributed by atoms with E-state index in [1.807, 2.05) is 12.1 Å². The van der Waals surface area contributed by atoms with Gasteiger partial charge in [0.1, 0.15) is 0 Å². The minimum Gasteiger partial charge on any atom is -0.504 e. The summed E-state index contributed by atoms with van der Waals surface area (Å²) in [5, 5.41) is 0. The predicted octanol–water partition coefficient (Wildman–Crippen LogP) is 14.5. The van der Waals surface area contributed by atoms with Gasteiger partial charge in [-0.15, -0.1) is 58.8 Å². The first-order chi connectivity index (χ1) is 29.3. The van der Waals surface area contributed by atoms with Crippen molar-refractivity contribution in [3.63, 3.8) is 0 Å². The largest absolute Gasteiger partial charge is 3.00 e. The molecule has 2 heterocycles. The summed E-state index contributed by atoms with van der Waals surface area (Å²) < 4.78 is 2.29. The van der Waals surface area contributed by atoms with Gasteiger partial charge in [0.05, 0.1) is 16.9 Å². The van der Waals surface area contributed by atoms with Gasteiger partial charge in [-0.2, -0.15) is 18.8 Å². The molecule has 0 spiro atoms. The molecule has 63 heavy (non-hydrogen) atoms. The van der Waals surface area contributed by atoms with Crippen LogP contribution in [0, 0.1) is 24.2 Å². The maximum atomic E-state index is 5.13. The van der Waals surface area contributed by atoms with E-state index < -0.39 is 0 Å². The molecule has 2 saturated carbocycles. The van der Waals surface area contributed by atoms with E-state index in [0.29, 0.717) is 21.7 Å². The van der Waals surface area contributed by atoms with Crippen LogP contribution in [0.1, 0.15) is 154 Å². The minimum atomic E-state index is 0. The van der Waals surface area contributed by atoms with Crippen LogP contribution in [0.2, 0.25) is 0 Å². The molecule has 4 nitrogen and oxygen atoms in total. The van der Waals surface area contributed by atoms with Gasteiger partial charge in [-0.25, -0.2) is 0 Å². The summed E-state index contributed by atoms with van der Waals surface area (Å²) in [6.07, 6.45) is 10.6. The second-order valence-electron chi connectivity index (χ2n) is 23.0. The summed E-state index contributed by atoms with van der Waals surface area (Å²) in [4.78, 5) is 9.87. The van der Waals surface area contributed by atoms with Gasteiger partial charge in [-0.05, 0) is 137 Å². The fourth-order valence-corrected chi connectivity index (χ4v) is 13.1. The van der Waals surface area contributed by atoms with Gasteiger partial charge < -0.3 is 14.4 Å². The first-order valence-corrected chi connectivity index (χ1v) is 23.5. The maximum absolute atomic E-state index is 5.13. The maximum Gasteiger partial charge on any atom is 3.00 e. The van der Waals surface area contributed by atoms with Crippen molar-refractivity contribution in [3.8, 4) is 17.1 Å². The van der Waals surface area contributed by atoms with E-state index >= 15 is 0 Å². The molecule has 8 aliphatic rings. The summed E-state index contributed by atoms with van der Waals surface area (Å²) in [5.74, 6) is 0.940. The quantitative estimate of drug-likeness (QED) is 0.165. The first-order valence-electron chi connectivity index (χ1n) is 23.5. The molecule has 0 saturated heterocycles. The molecule has 2 fully saturated rings. The molecule has 5 aromatic carbocycles. The third kappa shape index (κ3) is 5.89. The average molecular weight is 1010 g/mol. The van der Waals surface area contributed by atoms with Crippen LogP contribution in [-0.2, 0) is 52.6 Å². The van der Waals surface area contributed by atoms with E-state index in [1.54, 1.807) is 22.3 Å². The van der Waals surface area contributed by atoms with Crippen molar-refractivity contribution in [3.05, 3.63) is 143 Å². The van der Waals surface area contributed by atoms with Gasteiger partial charge in [0.15, 0.2) is 0 Å². The van der Waals surface area contributed by atoms with Gasteiger partial charge in [-0.1, -0.05) is 106 Å². The van der Waals surface area contributed by atoms with Gasteiger partial charge >= 0.3 is 20.1 Å². The Labute approximate surface area is 391 Å². The summed E-state index contributed by atoms with van der Waals surface area (Å²) in [6.45, 7) is 26.6. The monoisotopic (exact) mass is 1010 g/mol. The summed E-state index contributed by atoms with van der Waals surface area (Å²) >= 11 is 0. The van der Waals surface area contributed by atoms with Crippen molar-refractivity contribution in [1.82, 2.24) is 9.55 Å². The molecule has 7 aliphatic carbocycles. The number of imidazole rings is 1. The molecule has 326 valence electrons. The second kappa shape index (κ2) is 13.9. The van der Waals surface area contributed by atoms with Crippen molar-refractivity contribution < 1.29 is 20.1 Å². The van der Waals surface area contributed by atoms with E-state index in [4.69, 9.17) is 4.98 Å².